The van der Waals surface area contributed by atoms with Crippen LogP contribution in [0.1, 0.15) is 36.6 Å². The topological polar surface area (TPSA) is 34.2 Å². The highest BCUT2D eigenvalue weighted by Crippen LogP contribution is 2.27. The monoisotopic (exact) mass is 348 g/mol. The Kier molecular flexibility index (Phi) is 5.37. The lowest BCUT2D eigenvalue weighted by atomic mass is 9.99. The highest BCUT2D eigenvalue weighted by atomic mass is 79.9. The molecule has 0 radical (unpaired) electrons. The van der Waals surface area contributed by atoms with Crippen LogP contribution in [0.2, 0.25) is 0 Å². The SMILES string of the molecule is CNC(c1cncc(OC(C)C)c1)c1ccc(Br)c(C)c1. The predicted molar refractivity (Wildman–Crippen MR) is 89.8 cm³/mol. The summed E-state index contributed by atoms with van der Waals surface area (Å²) in [5, 5.41) is 3.35. The molecule has 2 aromatic rings. The van der Waals surface area contributed by atoms with Gasteiger partial charge in [0.1, 0.15) is 5.75 Å². The van der Waals surface area contributed by atoms with Crippen LogP contribution in [0.15, 0.2) is 41.1 Å². The molecule has 0 saturated carbocycles. The molecule has 0 saturated heterocycles. The van der Waals surface area contributed by atoms with E-state index in [9.17, 15) is 0 Å². The van der Waals surface area contributed by atoms with Crippen LogP contribution >= 0.6 is 15.9 Å². The zero-order chi connectivity index (χ0) is 15.4. The Morgan fingerprint density at radius 3 is 2.52 bits per heavy atom. The normalized spacial score (nSPS) is 12.5. The van der Waals surface area contributed by atoms with Crippen LogP contribution < -0.4 is 10.1 Å². The predicted octanol–water partition coefficient (Wildman–Crippen LogP) is 4.25. The number of nitrogens with one attached hydrogen (secondary N) is 1. The maximum absolute atomic E-state index is 5.73. The first-order chi connectivity index (χ1) is 10.0. The van der Waals surface area contributed by atoms with Crippen LogP contribution in [-0.4, -0.2) is 18.1 Å². The second kappa shape index (κ2) is 7.05. The fourth-order valence-electron chi connectivity index (χ4n) is 2.30. The first-order valence-electron chi connectivity index (χ1n) is 7.06. The molecule has 1 aromatic heterocycles. The van der Waals surface area contributed by atoms with Crippen molar-refractivity contribution in [1.29, 1.82) is 0 Å². The molecular formula is C17H21BrN2O. The molecule has 1 aromatic carbocycles. The van der Waals surface area contributed by atoms with Gasteiger partial charge in [0.25, 0.3) is 0 Å². The fraction of sp³-hybridized carbons (Fsp3) is 0.353. The van der Waals surface area contributed by atoms with Gasteiger partial charge in [-0.1, -0.05) is 28.1 Å². The lowest BCUT2D eigenvalue weighted by Crippen LogP contribution is -2.18. The van der Waals surface area contributed by atoms with Gasteiger partial charge in [-0.3, -0.25) is 4.98 Å². The molecular weight excluding hydrogens is 328 g/mol. The average Bonchev–Trinajstić information content (AvgIpc) is 2.43. The number of aromatic nitrogens is 1. The lowest BCUT2D eigenvalue weighted by molar-refractivity contribution is 0.241. The van der Waals surface area contributed by atoms with Crippen LogP contribution in [0.25, 0.3) is 0 Å². The van der Waals surface area contributed by atoms with E-state index < -0.39 is 0 Å². The van der Waals surface area contributed by atoms with E-state index in [-0.39, 0.29) is 12.1 Å². The van der Waals surface area contributed by atoms with E-state index in [0.717, 1.165) is 15.8 Å². The Hall–Kier alpha value is -1.39. The van der Waals surface area contributed by atoms with Gasteiger partial charge in [0.15, 0.2) is 0 Å². The smallest absolute Gasteiger partial charge is 0.138 e. The summed E-state index contributed by atoms with van der Waals surface area (Å²) in [7, 11) is 1.96. The first kappa shape index (κ1) is 16.0. The molecule has 4 heteroatoms. The van der Waals surface area contributed by atoms with Crippen molar-refractivity contribution in [3.05, 3.63) is 57.8 Å². The third-order valence-electron chi connectivity index (χ3n) is 3.24. The molecule has 0 spiro atoms. The van der Waals surface area contributed by atoms with E-state index in [0.29, 0.717) is 0 Å². The molecule has 1 unspecified atom stereocenters. The van der Waals surface area contributed by atoms with E-state index in [1.807, 2.05) is 33.2 Å². The van der Waals surface area contributed by atoms with Crippen LogP contribution in [0.3, 0.4) is 0 Å². The van der Waals surface area contributed by atoms with E-state index in [1.165, 1.54) is 11.1 Å². The van der Waals surface area contributed by atoms with Gasteiger partial charge >= 0.3 is 0 Å². The maximum atomic E-state index is 5.73. The molecule has 0 aliphatic carbocycles. The van der Waals surface area contributed by atoms with Gasteiger partial charge in [-0.25, -0.2) is 0 Å². The number of ether oxygens (including phenoxy) is 1. The summed E-state index contributed by atoms with van der Waals surface area (Å²) in [6.07, 6.45) is 3.78. The van der Waals surface area contributed by atoms with Crippen LogP contribution in [-0.2, 0) is 0 Å². The first-order valence-corrected chi connectivity index (χ1v) is 7.85. The quantitative estimate of drug-likeness (QED) is 0.876. The third-order valence-corrected chi connectivity index (χ3v) is 4.13. The minimum Gasteiger partial charge on any atom is -0.489 e. The molecule has 0 bridgehead atoms. The standard InChI is InChI=1S/C17H21BrN2O/c1-11(2)21-15-8-14(9-20-10-15)17(19-4)13-5-6-16(18)12(3)7-13/h5-11,17,19H,1-4H3. The summed E-state index contributed by atoms with van der Waals surface area (Å²) >= 11 is 3.54. The Morgan fingerprint density at radius 1 is 1.14 bits per heavy atom. The van der Waals surface area contributed by atoms with Crippen molar-refractivity contribution >= 4 is 15.9 Å². The van der Waals surface area contributed by atoms with Gasteiger partial charge in [-0.15, -0.1) is 0 Å². The Labute approximate surface area is 134 Å². The van der Waals surface area contributed by atoms with Crippen molar-refractivity contribution in [2.75, 3.05) is 7.05 Å². The number of rotatable bonds is 5. The summed E-state index contributed by atoms with van der Waals surface area (Å²) in [5.74, 6) is 0.802. The van der Waals surface area contributed by atoms with Gasteiger partial charge in [0.2, 0.25) is 0 Å². The molecule has 3 nitrogen and oxygen atoms in total. The van der Waals surface area contributed by atoms with Crippen LogP contribution in [0.4, 0.5) is 0 Å². The minimum atomic E-state index is 0.0972. The number of hydrogen-bond acceptors (Lipinski definition) is 3. The lowest BCUT2D eigenvalue weighted by Gasteiger charge is -2.19. The van der Waals surface area contributed by atoms with Gasteiger partial charge in [0.05, 0.1) is 18.3 Å². The molecule has 2 rings (SSSR count). The van der Waals surface area contributed by atoms with Crippen molar-refractivity contribution in [2.24, 2.45) is 0 Å². The Balaban J connectivity index is 2.34. The van der Waals surface area contributed by atoms with E-state index in [2.05, 4.69) is 51.4 Å². The number of hydrogen-bond donors (Lipinski definition) is 1. The molecule has 1 heterocycles. The molecule has 112 valence electrons. The molecule has 0 fully saturated rings. The number of halogens is 1. The van der Waals surface area contributed by atoms with E-state index in [1.54, 1.807) is 6.20 Å². The summed E-state index contributed by atoms with van der Waals surface area (Å²) in [6.45, 7) is 6.12. The summed E-state index contributed by atoms with van der Waals surface area (Å²) in [5.41, 5.74) is 3.52. The highest BCUT2D eigenvalue weighted by molar-refractivity contribution is 9.10. The molecule has 0 amide bonds. The number of nitrogens with zero attached hydrogens (tertiary/aromatic N) is 1. The minimum absolute atomic E-state index is 0.0972. The second-order valence-electron chi connectivity index (χ2n) is 5.35. The molecule has 0 aliphatic rings. The van der Waals surface area contributed by atoms with Crippen molar-refractivity contribution in [1.82, 2.24) is 10.3 Å². The second-order valence-corrected chi connectivity index (χ2v) is 6.21. The summed E-state index contributed by atoms with van der Waals surface area (Å²) < 4.78 is 6.85. The van der Waals surface area contributed by atoms with Crippen molar-refractivity contribution < 1.29 is 4.74 Å². The molecule has 1 N–H and O–H groups in total. The number of benzene rings is 1. The average molecular weight is 349 g/mol. The van der Waals surface area contributed by atoms with Gasteiger partial charge in [-0.05, 0) is 56.6 Å². The highest BCUT2D eigenvalue weighted by Gasteiger charge is 2.14. The van der Waals surface area contributed by atoms with Crippen LogP contribution in [0, 0.1) is 6.92 Å². The van der Waals surface area contributed by atoms with Crippen molar-refractivity contribution in [3.8, 4) is 5.75 Å². The fourth-order valence-corrected chi connectivity index (χ4v) is 2.55. The maximum Gasteiger partial charge on any atom is 0.138 e. The number of aryl methyl sites for hydroxylation is 1. The third kappa shape index (κ3) is 4.05. The van der Waals surface area contributed by atoms with Crippen molar-refractivity contribution in [3.63, 3.8) is 0 Å². The Morgan fingerprint density at radius 2 is 1.90 bits per heavy atom. The van der Waals surface area contributed by atoms with Gasteiger partial charge < -0.3 is 10.1 Å². The van der Waals surface area contributed by atoms with Crippen LogP contribution in [0.5, 0.6) is 5.75 Å². The summed E-state index contributed by atoms with van der Waals surface area (Å²) in [4.78, 5) is 4.30. The molecule has 21 heavy (non-hydrogen) atoms. The largest absolute Gasteiger partial charge is 0.489 e. The van der Waals surface area contributed by atoms with Gasteiger partial charge in [-0.2, -0.15) is 0 Å². The van der Waals surface area contributed by atoms with E-state index >= 15 is 0 Å². The molecule has 0 aliphatic heterocycles. The number of pyridine rings is 1. The summed E-state index contributed by atoms with van der Waals surface area (Å²) in [6, 6.07) is 8.53. The van der Waals surface area contributed by atoms with Crippen molar-refractivity contribution in [2.45, 2.75) is 32.9 Å². The Bertz CT molecular complexity index is 613. The molecule has 1 atom stereocenters. The van der Waals surface area contributed by atoms with E-state index in [4.69, 9.17) is 4.74 Å². The zero-order valence-electron chi connectivity index (χ0n) is 12.9. The van der Waals surface area contributed by atoms with Gasteiger partial charge in [0, 0.05) is 10.7 Å². The zero-order valence-corrected chi connectivity index (χ0v) is 14.4.